The third-order valence-corrected chi connectivity index (χ3v) is 6.92. The Balaban J connectivity index is 1.19. The van der Waals surface area contributed by atoms with Crippen LogP contribution in [-0.4, -0.2) is 36.5 Å². The second-order valence-electron chi connectivity index (χ2n) is 8.74. The second-order valence-corrected chi connectivity index (χ2v) is 8.74. The zero-order valence-corrected chi connectivity index (χ0v) is 17.3. The molecule has 31 heavy (non-hydrogen) atoms. The minimum atomic E-state index is -0.295. The monoisotopic (exact) mass is 420 g/mol. The van der Waals surface area contributed by atoms with E-state index in [1.54, 1.807) is 6.07 Å². The summed E-state index contributed by atoms with van der Waals surface area (Å²) in [5.41, 5.74) is 4.63. The minimum absolute atomic E-state index is 0.295. The van der Waals surface area contributed by atoms with Gasteiger partial charge >= 0.3 is 0 Å². The normalized spacial score (nSPS) is 18.9. The summed E-state index contributed by atoms with van der Waals surface area (Å²) in [4.78, 5) is 2.39. The van der Waals surface area contributed by atoms with Crippen molar-refractivity contribution < 1.29 is 13.4 Å². The zero-order valence-electron chi connectivity index (χ0n) is 17.3. The Morgan fingerprint density at radius 3 is 2.13 bits per heavy atom. The predicted octanol–water partition coefficient (Wildman–Crippen LogP) is 4.96. The maximum Gasteiger partial charge on any atom is 0.170 e. The van der Waals surface area contributed by atoms with Gasteiger partial charge < -0.3 is 19.3 Å². The van der Waals surface area contributed by atoms with E-state index in [0.29, 0.717) is 17.4 Å². The van der Waals surface area contributed by atoms with E-state index in [2.05, 4.69) is 38.7 Å². The maximum absolute atomic E-state index is 13.4. The molecule has 0 radical (unpaired) electrons. The highest BCUT2D eigenvalue weighted by molar-refractivity contribution is 5.84. The smallest absolute Gasteiger partial charge is 0.170 e. The van der Waals surface area contributed by atoms with Crippen molar-refractivity contribution in [1.82, 2.24) is 15.6 Å². The van der Waals surface area contributed by atoms with Gasteiger partial charge in [-0.25, -0.2) is 4.39 Å². The van der Waals surface area contributed by atoms with Crippen LogP contribution in [0.25, 0.3) is 21.9 Å². The fourth-order valence-corrected chi connectivity index (χ4v) is 5.17. The average Bonchev–Trinajstić information content (AvgIpc) is 3.43. The molecule has 2 aliphatic heterocycles. The van der Waals surface area contributed by atoms with Crippen LogP contribution >= 0.6 is 0 Å². The van der Waals surface area contributed by atoms with Gasteiger partial charge in [-0.1, -0.05) is 10.3 Å². The van der Waals surface area contributed by atoms with Crippen molar-refractivity contribution in [3.05, 3.63) is 53.6 Å². The first kappa shape index (κ1) is 18.8. The molecule has 0 atom stereocenters. The van der Waals surface area contributed by atoms with Gasteiger partial charge in [0.15, 0.2) is 11.2 Å². The zero-order chi connectivity index (χ0) is 20.8. The lowest BCUT2D eigenvalue weighted by Crippen LogP contribution is -2.32. The molecule has 0 aliphatic carbocycles. The Morgan fingerprint density at radius 2 is 1.42 bits per heavy atom. The number of piperidine rings is 2. The molecule has 0 bridgehead atoms. The number of hydrogen-bond acceptors (Lipinski definition) is 6. The van der Waals surface area contributed by atoms with Crippen molar-refractivity contribution >= 4 is 27.6 Å². The summed E-state index contributed by atoms with van der Waals surface area (Å²) in [6, 6.07) is 11.2. The molecule has 6 nitrogen and oxygen atoms in total. The lowest BCUT2D eigenvalue weighted by atomic mass is 9.91. The number of hydrogen-bond donors (Lipinski definition) is 1. The molecule has 0 unspecified atom stereocenters. The van der Waals surface area contributed by atoms with Gasteiger partial charge in [-0.3, -0.25) is 0 Å². The third-order valence-electron chi connectivity index (χ3n) is 6.92. The van der Waals surface area contributed by atoms with Crippen molar-refractivity contribution in [2.75, 3.05) is 31.1 Å². The van der Waals surface area contributed by atoms with Gasteiger partial charge in [-0.15, -0.1) is 0 Å². The van der Waals surface area contributed by atoms with Crippen LogP contribution in [-0.2, 0) is 0 Å². The Labute approximate surface area is 179 Å². The Morgan fingerprint density at radius 1 is 0.806 bits per heavy atom. The molecule has 0 saturated carbocycles. The molecule has 2 aromatic carbocycles. The molecule has 6 rings (SSSR count). The van der Waals surface area contributed by atoms with Gasteiger partial charge in [0, 0.05) is 53.5 Å². The van der Waals surface area contributed by atoms with Crippen molar-refractivity contribution in [3.8, 4) is 0 Å². The van der Waals surface area contributed by atoms with E-state index in [1.807, 2.05) is 0 Å². The van der Waals surface area contributed by atoms with Crippen molar-refractivity contribution in [2.24, 2.45) is 0 Å². The highest BCUT2D eigenvalue weighted by Gasteiger charge is 2.26. The molecule has 1 N–H and O–H groups in total. The highest BCUT2D eigenvalue weighted by Crippen LogP contribution is 2.36. The topological polar surface area (TPSA) is 67.3 Å². The largest absolute Gasteiger partial charge is 0.371 e. The van der Waals surface area contributed by atoms with Gasteiger partial charge in [0.05, 0.1) is 11.4 Å². The summed E-state index contributed by atoms with van der Waals surface area (Å²) in [5, 5.41) is 14.2. The first-order valence-electron chi connectivity index (χ1n) is 11.2. The molecule has 7 heteroatoms. The van der Waals surface area contributed by atoms with E-state index in [0.717, 1.165) is 79.6 Å². The van der Waals surface area contributed by atoms with Crippen LogP contribution < -0.4 is 10.2 Å². The van der Waals surface area contributed by atoms with Crippen LogP contribution in [0.1, 0.15) is 48.9 Å². The molecule has 2 aliphatic rings. The number of fused-ring (bicyclic) bond motifs is 2. The predicted molar refractivity (Wildman–Crippen MR) is 117 cm³/mol. The summed E-state index contributed by atoms with van der Waals surface area (Å²) in [6.45, 7) is 3.95. The number of nitrogens with one attached hydrogen (secondary N) is 1. The van der Waals surface area contributed by atoms with Gasteiger partial charge in [-0.2, -0.15) is 0 Å². The summed E-state index contributed by atoms with van der Waals surface area (Å²) in [5.74, 6) is 0.509. The Kier molecular flexibility index (Phi) is 4.64. The average molecular weight is 420 g/mol. The van der Waals surface area contributed by atoms with Gasteiger partial charge in [-0.05, 0) is 63.0 Å². The van der Waals surface area contributed by atoms with Crippen molar-refractivity contribution in [2.45, 2.75) is 37.5 Å². The van der Waals surface area contributed by atoms with E-state index in [9.17, 15) is 4.39 Å². The van der Waals surface area contributed by atoms with E-state index in [4.69, 9.17) is 9.05 Å². The minimum Gasteiger partial charge on any atom is -0.371 e. The van der Waals surface area contributed by atoms with E-state index >= 15 is 0 Å². The van der Waals surface area contributed by atoms with Crippen LogP contribution in [0, 0.1) is 5.82 Å². The van der Waals surface area contributed by atoms with E-state index < -0.39 is 0 Å². The lowest BCUT2D eigenvalue weighted by molar-refractivity contribution is 0.404. The van der Waals surface area contributed by atoms with E-state index in [-0.39, 0.29) is 5.82 Å². The first-order valence-corrected chi connectivity index (χ1v) is 11.2. The van der Waals surface area contributed by atoms with E-state index in [1.165, 1.54) is 17.8 Å². The first-order chi connectivity index (χ1) is 15.3. The molecule has 2 fully saturated rings. The highest BCUT2D eigenvalue weighted by atomic mass is 19.1. The second kappa shape index (κ2) is 7.64. The molecular weight excluding hydrogens is 395 g/mol. The summed E-state index contributed by atoms with van der Waals surface area (Å²) >= 11 is 0. The Hall–Kier alpha value is -2.93. The number of aromatic nitrogens is 2. The van der Waals surface area contributed by atoms with Crippen LogP contribution in [0.5, 0.6) is 0 Å². The number of nitrogens with zero attached hydrogens (tertiary/aromatic N) is 3. The van der Waals surface area contributed by atoms with Gasteiger partial charge in [0.1, 0.15) is 5.82 Å². The van der Waals surface area contributed by atoms with Gasteiger partial charge in [0.25, 0.3) is 0 Å². The standard InChI is InChI=1S/C24H25FN4O2/c25-17-1-3-19-21(13-17)30-28-24(19)16-7-11-29(12-8-16)18-2-4-20-22(14-18)31-27-23(20)15-5-9-26-10-6-15/h1-4,13-16,26H,5-12H2. The SMILES string of the molecule is Fc1ccc2c(C3CCN(c4ccc5c(C6CCNCC6)noc5c4)CC3)noc2c1. The molecule has 4 aromatic rings. The fraction of sp³-hybridized carbons (Fsp3) is 0.417. The molecule has 160 valence electrons. The van der Waals surface area contributed by atoms with Crippen molar-refractivity contribution in [3.63, 3.8) is 0 Å². The molecule has 2 aromatic heterocycles. The quantitative estimate of drug-likeness (QED) is 0.505. The van der Waals surface area contributed by atoms with Crippen LogP contribution in [0.2, 0.25) is 0 Å². The molecule has 0 amide bonds. The van der Waals surface area contributed by atoms with Crippen LogP contribution in [0.4, 0.5) is 10.1 Å². The lowest BCUT2D eigenvalue weighted by Gasteiger charge is -2.32. The molecule has 0 spiro atoms. The Bertz CT molecular complexity index is 1220. The van der Waals surface area contributed by atoms with Gasteiger partial charge in [0.2, 0.25) is 0 Å². The van der Waals surface area contributed by atoms with Crippen LogP contribution in [0.3, 0.4) is 0 Å². The molecule has 4 heterocycles. The summed E-state index contributed by atoms with van der Waals surface area (Å²) in [6.07, 6.45) is 4.18. The maximum atomic E-state index is 13.4. The summed E-state index contributed by atoms with van der Waals surface area (Å²) in [7, 11) is 0. The molecule has 2 saturated heterocycles. The molecular formula is C24H25FN4O2. The van der Waals surface area contributed by atoms with Crippen molar-refractivity contribution in [1.29, 1.82) is 0 Å². The number of benzene rings is 2. The third kappa shape index (κ3) is 3.37. The van der Waals surface area contributed by atoms with Crippen LogP contribution in [0.15, 0.2) is 45.4 Å². The number of rotatable bonds is 3. The summed E-state index contributed by atoms with van der Waals surface area (Å²) < 4.78 is 24.5. The number of halogens is 1. The number of anilines is 1. The fourth-order valence-electron chi connectivity index (χ4n) is 5.17.